The van der Waals surface area contributed by atoms with Crippen LogP contribution in [0.4, 0.5) is 5.82 Å². The zero-order valence-electron chi connectivity index (χ0n) is 19.3. The van der Waals surface area contributed by atoms with Crippen LogP contribution in [0, 0.1) is 0 Å². The molecule has 35 heavy (non-hydrogen) atoms. The average molecular weight is 484 g/mol. The number of nitrogens with two attached hydrogens (primary N) is 1. The Kier molecular flexibility index (Phi) is 6.45. The van der Waals surface area contributed by atoms with Crippen molar-refractivity contribution in [1.82, 2.24) is 19.5 Å². The normalized spacial score (nSPS) is 11.0. The number of pyridine rings is 1. The molecule has 0 aliphatic heterocycles. The maximum atomic E-state index is 13.7. The van der Waals surface area contributed by atoms with Crippen molar-refractivity contribution in [3.8, 4) is 15.8 Å². The molecule has 0 atom stereocenters. The second-order valence-electron chi connectivity index (χ2n) is 8.15. The van der Waals surface area contributed by atoms with Gasteiger partial charge < -0.3 is 15.4 Å². The van der Waals surface area contributed by atoms with E-state index in [0.717, 1.165) is 21.9 Å². The van der Waals surface area contributed by atoms with Crippen molar-refractivity contribution in [2.24, 2.45) is 0 Å². The smallest absolute Gasteiger partial charge is 0.254 e. The second-order valence-corrected chi connectivity index (χ2v) is 9.19. The first-order valence-corrected chi connectivity index (χ1v) is 12.1. The van der Waals surface area contributed by atoms with Gasteiger partial charge in [0.2, 0.25) is 0 Å². The summed E-state index contributed by atoms with van der Waals surface area (Å²) < 4.78 is 6.84. The first-order chi connectivity index (χ1) is 17.1. The maximum Gasteiger partial charge on any atom is 0.254 e. The molecule has 0 saturated carbocycles. The Bertz CT molecular complexity index is 1450. The summed E-state index contributed by atoms with van der Waals surface area (Å²) in [4.78, 5) is 21.0. The Morgan fingerprint density at radius 3 is 2.40 bits per heavy atom. The number of aromatic nitrogens is 3. The highest BCUT2D eigenvalue weighted by Gasteiger charge is 2.20. The van der Waals surface area contributed by atoms with E-state index in [2.05, 4.69) is 22.2 Å². The lowest BCUT2D eigenvalue weighted by molar-refractivity contribution is 0.0745. The van der Waals surface area contributed by atoms with Gasteiger partial charge in [-0.1, -0.05) is 72.0 Å². The fraction of sp³-hybridized carbons (Fsp3) is 0.148. The number of nitrogen functional groups attached to an aromatic ring is 1. The van der Waals surface area contributed by atoms with Crippen LogP contribution in [-0.4, -0.2) is 39.1 Å². The summed E-state index contributed by atoms with van der Waals surface area (Å²) >= 11 is 1.45. The zero-order valence-corrected chi connectivity index (χ0v) is 20.1. The van der Waals surface area contributed by atoms with Gasteiger partial charge in [0.15, 0.2) is 16.5 Å². The Morgan fingerprint density at radius 2 is 1.71 bits per heavy atom. The van der Waals surface area contributed by atoms with Crippen molar-refractivity contribution >= 4 is 28.7 Å². The van der Waals surface area contributed by atoms with Gasteiger partial charge in [0, 0.05) is 18.7 Å². The number of nitrogens with zero attached hydrogens (tertiary/aromatic N) is 4. The molecule has 0 aliphatic rings. The van der Waals surface area contributed by atoms with E-state index in [-0.39, 0.29) is 5.91 Å². The van der Waals surface area contributed by atoms with Gasteiger partial charge in [-0.05, 0) is 41.8 Å². The van der Waals surface area contributed by atoms with Crippen LogP contribution < -0.4 is 10.5 Å². The Balaban J connectivity index is 1.45. The molecular weight excluding hydrogens is 458 g/mol. The maximum absolute atomic E-state index is 13.7. The molecule has 0 unspecified atom stereocenters. The van der Waals surface area contributed by atoms with Crippen LogP contribution in [0.2, 0.25) is 0 Å². The van der Waals surface area contributed by atoms with Crippen molar-refractivity contribution < 1.29 is 9.53 Å². The van der Waals surface area contributed by atoms with Crippen LogP contribution in [0.25, 0.3) is 16.3 Å². The number of amides is 1. The number of benzene rings is 2. The summed E-state index contributed by atoms with van der Waals surface area (Å²) in [6.07, 6.45) is 0.756. The molecule has 0 radical (unpaired) electrons. The number of hydrogen-bond acceptors (Lipinski definition) is 6. The summed E-state index contributed by atoms with van der Waals surface area (Å²) in [7, 11) is 1.63. The third-order valence-corrected chi connectivity index (χ3v) is 6.77. The fourth-order valence-corrected chi connectivity index (χ4v) is 4.68. The quantitative estimate of drug-likeness (QED) is 0.338. The molecule has 2 N–H and O–H groups in total. The van der Waals surface area contributed by atoms with E-state index in [1.165, 1.54) is 16.9 Å². The fourth-order valence-electron chi connectivity index (χ4n) is 3.93. The third kappa shape index (κ3) is 5.02. The molecule has 5 aromatic rings. The number of hydrogen-bond donors (Lipinski definition) is 1. The minimum absolute atomic E-state index is 0.0960. The van der Waals surface area contributed by atoms with E-state index >= 15 is 0 Å². The minimum atomic E-state index is -0.0960. The van der Waals surface area contributed by atoms with Crippen LogP contribution in [-0.2, 0) is 13.0 Å². The first-order valence-electron chi connectivity index (χ1n) is 11.3. The van der Waals surface area contributed by atoms with Gasteiger partial charge in [-0.25, -0.2) is 4.98 Å². The summed E-state index contributed by atoms with van der Waals surface area (Å²) in [6.45, 7) is 1.08. The molecule has 1 amide bonds. The van der Waals surface area contributed by atoms with Crippen molar-refractivity contribution in [3.05, 3.63) is 102 Å². The molecule has 3 aromatic heterocycles. The lowest BCUT2D eigenvalue weighted by Crippen LogP contribution is -2.32. The lowest BCUT2D eigenvalue weighted by Gasteiger charge is -2.23. The minimum Gasteiger partial charge on any atom is -0.487 e. The number of carbonyl (C=O) groups is 1. The van der Waals surface area contributed by atoms with Crippen LogP contribution in [0.3, 0.4) is 0 Å². The number of ether oxygens (including phenoxy) is 1. The van der Waals surface area contributed by atoms with Gasteiger partial charge in [0.25, 0.3) is 5.91 Å². The molecule has 8 heteroatoms. The van der Waals surface area contributed by atoms with Crippen LogP contribution in [0.5, 0.6) is 5.06 Å². The molecule has 176 valence electrons. The number of anilines is 1. The molecule has 0 aliphatic carbocycles. The van der Waals surface area contributed by atoms with E-state index in [4.69, 9.17) is 10.5 Å². The SMILES string of the molecule is COc1ccc(-c2nc3cc(C(=O)N(CCc4ccccc4)Cc4ccccc4)cc(N)n3n2)s1. The second kappa shape index (κ2) is 9.99. The highest BCUT2D eigenvalue weighted by atomic mass is 32.1. The molecule has 2 aromatic carbocycles. The molecule has 7 nitrogen and oxygen atoms in total. The Hall–Kier alpha value is -4.17. The highest BCUT2D eigenvalue weighted by Crippen LogP contribution is 2.31. The van der Waals surface area contributed by atoms with Gasteiger partial charge >= 0.3 is 0 Å². The predicted molar refractivity (Wildman–Crippen MR) is 139 cm³/mol. The van der Waals surface area contributed by atoms with Crippen molar-refractivity contribution in [3.63, 3.8) is 0 Å². The Labute approximate surface area is 207 Å². The number of thiophene rings is 1. The van der Waals surface area contributed by atoms with E-state index < -0.39 is 0 Å². The number of methoxy groups -OCH3 is 1. The van der Waals surface area contributed by atoms with E-state index in [9.17, 15) is 4.79 Å². The van der Waals surface area contributed by atoms with Gasteiger partial charge in [-0.2, -0.15) is 4.52 Å². The van der Waals surface area contributed by atoms with Gasteiger partial charge in [0.05, 0.1) is 12.0 Å². The molecule has 0 spiro atoms. The largest absolute Gasteiger partial charge is 0.487 e. The van der Waals surface area contributed by atoms with Gasteiger partial charge in [-0.3, -0.25) is 4.79 Å². The lowest BCUT2D eigenvalue weighted by atomic mass is 10.1. The summed E-state index contributed by atoms with van der Waals surface area (Å²) in [6, 6.07) is 27.4. The summed E-state index contributed by atoms with van der Waals surface area (Å²) in [5, 5.41) is 5.31. The van der Waals surface area contributed by atoms with Gasteiger partial charge in [0.1, 0.15) is 5.82 Å². The molecule has 5 rings (SSSR count). The number of carbonyl (C=O) groups excluding carboxylic acids is 1. The standard InChI is InChI=1S/C27H25N5O2S/c1-34-25-13-12-22(35-25)26-29-24-17-21(16-23(28)32(24)30-26)27(33)31(18-20-10-6-3-7-11-20)15-14-19-8-4-2-5-9-19/h2-13,16-17H,14-15,18,28H2,1H3. The van der Waals surface area contributed by atoms with E-state index in [0.29, 0.717) is 35.9 Å². The molecule has 0 bridgehead atoms. The van der Waals surface area contributed by atoms with Crippen molar-refractivity contribution in [1.29, 1.82) is 0 Å². The molecule has 0 fully saturated rings. The van der Waals surface area contributed by atoms with Crippen molar-refractivity contribution in [2.75, 3.05) is 19.4 Å². The Morgan fingerprint density at radius 1 is 1.00 bits per heavy atom. The molecular formula is C27H25N5O2S. The summed E-state index contributed by atoms with van der Waals surface area (Å²) in [5.41, 5.74) is 9.57. The topological polar surface area (TPSA) is 85.8 Å². The predicted octanol–water partition coefficient (Wildman–Crippen LogP) is 4.93. The monoisotopic (exact) mass is 483 g/mol. The van der Waals surface area contributed by atoms with Crippen LogP contribution in [0.15, 0.2) is 84.9 Å². The number of rotatable bonds is 8. The molecule has 3 heterocycles. The van der Waals surface area contributed by atoms with Gasteiger partial charge in [-0.15, -0.1) is 5.10 Å². The van der Waals surface area contributed by atoms with Crippen LogP contribution in [0.1, 0.15) is 21.5 Å². The van der Waals surface area contributed by atoms with E-state index in [1.54, 1.807) is 23.8 Å². The molecule has 0 saturated heterocycles. The van der Waals surface area contributed by atoms with Crippen molar-refractivity contribution in [2.45, 2.75) is 13.0 Å². The van der Waals surface area contributed by atoms with Crippen LogP contribution >= 0.6 is 11.3 Å². The number of fused-ring (bicyclic) bond motifs is 1. The third-order valence-electron chi connectivity index (χ3n) is 5.73. The first kappa shape index (κ1) is 22.6. The average Bonchev–Trinajstić information content (AvgIpc) is 3.55. The van der Waals surface area contributed by atoms with E-state index in [1.807, 2.05) is 65.6 Å². The highest BCUT2D eigenvalue weighted by molar-refractivity contribution is 7.17. The summed E-state index contributed by atoms with van der Waals surface area (Å²) in [5.74, 6) is 0.803. The zero-order chi connectivity index (χ0) is 24.2.